The Kier molecular flexibility index (Phi) is 17.9. The normalized spacial score (nSPS) is 11.9. The molecule has 19 nitrogen and oxygen atoms in total. The molecule has 4 N–H and O–H groups in total. The van der Waals surface area contributed by atoms with Crippen LogP contribution in [-0.4, -0.2) is 94.0 Å². The molecule has 1 atom stereocenters. The van der Waals surface area contributed by atoms with Crippen molar-refractivity contribution in [2.24, 2.45) is 5.92 Å². The molecule has 3 aromatic carbocycles. The van der Waals surface area contributed by atoms with E-state index in [4.69, 9.17) is 35.0 Å². The minimum atomic E-state index is -0.943. The second-order valence-corrected chi connectivity index (χ2v) is 13.2. The molecule has 57 heavy (non-hydrogen) atoms. The first kappa shape index (κ1) is 44.3. The van der Waals surface area contributed by atoms with Crippen LogP contribution >= 0.6 is 0 Å². The van der Waals surface area contributed by atoms with Crippen molar-refractivity contribution in [2.75, 3.05) is 13.2 Å². The van der Waals surface area contributed by atoms with Crippen LogP contribution in [0.4, 0.5) is 4.79 Å². The van der Waals surface area contributed by atoms with Crippen LogP contribution in [0.2, 0.25) is 0 Å². The molecule has 0 unspecified atom stereocenters. The number of tetrazole rings is 1. The smallest absolute Gasteiger partial charge is 0.464 e. The van der Waals surface area contributed by atoms with E-state index in [-0.39, 0.29) is 62.3 Å². The van der Waals surface area contributed by atoms with Crippen molar-refractivity contribution in [3.63, 3.8) is 0 Å². The summed E-state index contributed by atoms with van der Waals surface area (Å²) in [5.74, 6) is -0.591. The number of hydrogen-bond donors (Lipinski definition) is 4. The third kappa shape index (κ3) is 14.6. The van der Waals surface area contributed by atoms with Gasteiger partial charge in [0.2, 0.25) is 18.5 Å². The number of amides is 1. The van der Waals surface area contributed by atoms with Crippen LogP contribution in [0.5, 0.6) is 0 Å². The first-order valence-corrected chi connectivity index (χ1v) is 18.4. The van der Waals surface area contributed by atoms with Crippen LogP contribution in [0.3, 0.4) is 0 Å². The van der Waals surface area contributed by atoms with Gasteiger partial charge in [-0.1, -0.05) is 100.0 Å². The van der Waals surface area contributed by atoms with Crippen molar-refractivity contribution >= 4 is 18.0 Å². The summed E-state index contributed by atoms with van der Waals surface area (Å²) in [7, 11) is 0. The topological polar surface area (TPSA) is 232 Å². The van der Waals surface area contributed by atoms with Gasteiger partial charge in [0.1, 0.15) is 12.6 Å². The Balaban J connectivity index is 1.38. The zero-order chi connectivity index (χ0) is 41.2. The highest BCUT2D eigenvalue weighted by Gasteiger charge is 2.33. The van der Waals surface area contributed by atoms with Crippen LogP contribution in [0.15, 0.2) is 72.8 Å². The summed E-state index contributed by atoms with van der Waals surface area (Å²) in [6, 6.07) is 21.0. The minimum Gasteiger partial charge on any atom is -0.464 e. The van der Waals surface area contributed by atoms with E-state index in [1.165, 1.54) is 0 Å². The van der Waals surface area contributed by atoms with Gasteiger partial charge in [0.15, 0.2) is 0 Å². The van der Waals surface area contributed by atoms with Gasteiger partial charge in [-0.2, -0.15) is 0 Å². The fourth-order valence-electron chi connectivity index (χ4n) is 5.66. The Morgan fingerprint density at radius 3 is 2.02 bits per heavy atom. The molecule has 0 fully saturated rings. The van der Waals surface area contributed by atoms with Gasteiger partial charge in [-0.05, 0) is 58.2 Å². The van der Waals surface area contributed by atoms with Crippen molar-refractivity contribution in [1.29, 1.82) is 0 Å². The summed E-state index contributed by atoms with van der Waals surface area (Å²) in [5, 5.41) is 46.4. The highest BCUT2D eigenvalue weighted by molar-refractivity contribution is 5.85. The maximum absolute atomic E-state index is 13.5. The third-order valence-electron chi connectivity index (χ3n) is 8.53. The second-order valence-electron chi connectivity index (χ2n) is 13.2. The van der Waals surface area contributed by atoms with Crippen LogP contribution < -0.4 is 0 Å². The fraction of sp³-hybridized carbons (Fsp3) is 0.421. The van der Waals surface area contributed by atoms with E-state index in [0.29, 0.717) is 48.2 Å². The van der Waals surface area contributed by atoms with Crippen molar-refractivity contribution < 1.29 is 59.1 Å². The van der Waals surface area contributed by atoms with Crippen LogP contribution in [-0.2, 0) is 60.0 Å². The van der Waals surface area contributed by atoms with Crippen LogP contribution in [0, 0.1) is 5.92 Å². The summed E-state index contributed by atoms with van der Waals surface area (Å²) in [6.45, 7) is 5.56. The zero-order valence-electron chi connectivity index (χ0n) is 32.0. The van der Waals surface area contributed by atoms with Gasteiger partial charge in [0, 0.05) is 18.5 Å². The number of aromatic nitrogens is 4. The summed E-state index contributed by atoms with van der Waals surface area (Å²) in [5.41, 5.74) is 4.46. The predicted molar refractivity (Wildman–Crippen MR) is 197 cm³/mol. The third-order valence-corrected chi connectivity index (χ3v) is 8.53. The van der Waals surface area contributed by atoms with E-state index in [9.17, 15) is 14.4 Å². The number of esters is 1. The molecule has 0 aliphatic rings. The van der Waals surface area contributed by atoms with Crippen molar-refractivity contribution in [3.05, 3.63) is 89.5 Å². The molecule has 1 heterocycles. The van der Waals surface area contributed by atoms with Gasteiger partial charge in [-0.15, -0.1) is 15.0 Å². The summed E-state index contributed by atoms with van der Waals surface area (Å²) < 4.78 is 15.9. The van der Waals surface area contributed by atoms with Crippen molar-refractivity contribution in [1.82, 2.24) is 35.9 Å². The molecule has 0 spiro atoms. The Morgan fingerprint density at radius 2 is 1.37 bits per heavy atom. The van der Waals surface area contributed by atoms with Gasteiger partial charge in [-0.25, -0.2) is 14.4 Å². The van der Waals surface area contributed by atoms with E-state index in [0.717, 1.165) is 27.9 Å². The standard InChI is InChI=1S/C38H49N7O12/c1-4-5-12-34(46)42(35(27(2)3)37(47)53-21-8-9-22-56-44(49)50)23-28-17-19-31(20-18-28)32-10-6-7-11-33(32)36-39-41-43(40-36)26-55-38(48)54-24-29-13-15-30(16-14-29)25-57-45(51)52/h6-7,10-11,13-20,27,35,49-52H,4-5,8-9,12,21-26H2,1-3H3/t35-/m0/s1. The monoisotopic (exact) mass is 795 g/mol. The van der Waals surface area contributed by atoms with E-state index < -0.39 is 18.2 Å². The molecule has 0 aliphatic carbocycles. The van der Waals surface area contributed by atoms with E-state index >= 15 is 0 Å². The van der Waals surface area contributed by atoms with Gasteiger partial charge in [-0.3, -0.25) is 30.5 Å². The second kappa shape index (κ2) is 23.0. The Morgan fingerprint density at radius 1 is 0.737 bits per heavy atom. The lowest BCUT2D eigenvalue weighted by molar-refractivity contribution is -0.497. The van der Waals surface area contributed by atoms with Gasteiger partial charge in [0.25, 0.3) is 0 Å². The number of ether oxygens (including phenoxy) is 3. The number of unbranched alkanes of at least 4 members (excludes halogenated alkanes) is 2. The van der Waals surface area contributed by atoms with Gasteiger partial charge in [0.05, 0.1) is 30.6 Å². The van der Waals surface area contributed by atoms with Crippen molar-refractivity contribution in [2.45, 2.75) is 85.4 Å². The number of nitrogens with zero attached hydrogens (tertiary/aromatic N) is 7. The van der Waals surface area contributed by atoms with Crippen LogP contribution in [0.25, 0.3) is 22.5 Å². The molecule has 308 valence electrons. The maximum atomic E-state index is 13.5. The molecule has 0 radical (unpaired) electrons. The summed E-state index contributed by atoms with van der Waals surface area (Å²) in [6.07, 6.45) is 1.70. The van der Waals surface area contributed by atoms with Gasteiger partial charge >= 0.3 is 12.1 Å². The van der Waals surface area contributed by atoms with E-state index in [2.05, 4.69) is 25.1 Å². The highest BCUT2D eigenvalue weighted by atomic mass is 17.1. The molecule has 19 heteroatoms. The molecule has 1 amide bonds. The molecular formula is C38H49N7O12. The fourth-order valence-corrected chi connectivity index (χ4v) is 5.66. The quantitative estimate of drug-likeness (QED) is 0.0400. The SMILES string of the molecule is CCCCC(=O)N(Cc1ccc(-c2ccccc2-c2nnn(COC(=O)OCc3ccc(CON(O)O)cc3)n2)cc1)[C@H](C(=O)OCCCCON(O)O)C(C)C. The molecule has 0 saturated heterocycles. The van der Waals surface area contributed by atoms with Crippen molar-refractivity contribution in [3.8, 4) is 22.5 Å². The largest absolute Gasteiger partial charge is 0.510 e. The average Bonchev–Trinajstić information content (AvgIpc) is 3.68. The molecule has 0 bridgehead atoms. The maximum Gasteiger partial charge on any atom is 0.510 e. The molecule has 4 rings (SSSR count). The summed E-state index contributed by atoms with van der Waals surface area (Å²) >= 11 is 0. The average molecular weight is 796 g/mol. The number of carbonyl (C=O) groups excluding carboxylic acids is 3. The number of hydrogen-bond acceptors (Lipinski definition) is 17. The Hall–Kier alpha value is -5.38. The number of rotatable bonds is 23. The van der Waals surface area contributed by atoms with E-state index in [1.807, 2.05) is 69.3 Å². The Bertz CT molecular complexity index is 1840. The molecular weight excluding hydrogens is 746 g/mol. The van der Waals surface area contributed by atoms with E-state index in [1.54, 1.807) is 29.2 Å². The zero-order valence-corrected chi connectivity index (χ0v) is 32.0. The minimum absolute atomic E-state index is 0.0296. The molecule has 4 aromatic rings. The summed E-state index contributed by atoms with van der Waals surface area (Å²) in [4.78, 5) is 50.9. The molecule has 1 aromatic heterocycles. The van der Waals surface area contributed by atoms with Crippen LogP contribution in [0.1, 0.15) is 69.6 Å². The Labute approximate surface area is 329 Å². The molecule has 0 aliphatic heterocycles. The van der Waals surface area contributed by atoms with Gasteiger partial charge < -0.3 is 19.1 Å². The number of carbonyl (C=O) groups is 3. The number of benzene rings is 3. The highest BCUT2D eigenvalue weighted by Crippen LogP contribution is 2.30. The first-order valence-electron chi connectivity index (χ1n) is 18.4. The molecule has 0 saturated carbocycles. The lowest BCUT2D eigenvalue weighted by atomic mass is 9.97. The predicted octanol–water partition coefficient (Wildman–Crippen LogP) is 5.71. The lowest BCUT2D eigenvalue weighted by Gasteiger charge is -2.33. The lowest BCUT2D eigenvalue weighted by Crippen LogP contribution is -2.48. The first-order chi connectivity index (χ1) is 27.4.